The molecule has 0 saturated carbocycles. The second-order valence-corrected chi connectivity index (χ2v) is 0.785. The summed E-state index contributed by atoms with van der Waals surface area (Å²) in [7, 11) is 0. The van der Waals surface area contributed by atoms with Crippen LogP contribution < -0.4 is 11.5 Å². The van der Waals surface area contributed by atoms with Crippen LogP contribution in [0.3, 0.4) is 0 Å². The summed E-state index contributed by atoms with van der Waals surface area (Å²) in [5, 5.41) is 10.2. The Morgan fingerprint density at radius 1 is 1.57 bits per heavy atom. The van der Waals surface area contributed by atoms with Crippen molar-refractivity contribution < 1.29 is 5.21 Å². The van der Waals surface area contributed by atoms with E-state index >= 15 is 0 Å². The van der Waals surface area contributed by atoms with Gasteiger partial charge in [0.05, 0.1) is 0 Å². The molecule has 5 N–H and O–H groups in total. The highest BCUT2D eigenvalue weighted by Crippen LogP contribution is 1.53. The molecule has 0 aromatic carbocycles. The van der Waals surface area contributed by atoms with Crippen molar-refractivity contribution in [1.29, 1.82) is 0 Å². The van der Waals surface area contributed by atoms with Gasteiger partial charge in [-0.2, -0.15) is 0 Å². The lowest BCUT2D eigenvalue weighted by atomic mass is 11.0. The molecule has 5 nitrogen and oxygen atoms in total. The highest BCUT2D eigenvalue weighted by molar-refractivity contribution is 5.83. The molecule has 0 saturated heterocycles. The van der Waals surface area contributed by atoms with Crippen LogP contribution in [0.2, 0.25) is 0 Å². The second kappa shape index (κ2) is 2.95. The third-order valence-electron chi connectivity index (χ3n) is 0.258. The molecule has 0 radical (unpaired) electrons. The van der Waals surface area contributed by atoms with Gasteiger partial charge in [-0.3, -0.25) is 0 Å². The Morgan fingerprint density at radius 2 is 2.14 bits per heavy atom. The standard InChI is InChI=1S/C2H6N4O/c3-2(4)5-1-6-7/h1,7H,(H4,3,4,5,6). The smallest absolute Gasteiger partial charge is 0.192 e. The van der Waals surface area contributed by atoms with E-state index in [0.717, 1.165) is 6.34 Å². The van der Waals surface area contributed by atoms with Crippen LogP contribution in [0.4, 0.5) is 0 Å². The number of hydrogen-bond acceptors (Lipinski definition) is 2. The van der Waals surface area contributed by atoms with Crippen molar-refractivity contribution in [2.75, 3.05) is 0 Å². The number of guanidine groups is 1. The maximum Gasteiger partial charge on any atom is 0.192 e. The van der Waals surface area contributed by atoms with Gasteiger partial charge in [-0.15, -0.1) is 0 Å². The Kier molecular flexibility index (Phi) is 2.42. The zero-order valence-corrected chi connectivity index (χ0v) is 3.57. The van der Waals surface area contributed by atoms with E-state index in [-0.39, 0.29) is 5.96 Å². The summed E-state index contributed by atoms with van der Waals surface area (Å²) in [6.07, 6.45) is 0.843. The second-order valence-electron chi connectivity index (χ2n) is 0.785. The SMILES string of the molecule is NC(N)=NC=NO. The van der Waals surface area contributed by atoms with E-state index in [1.165, 1.54) is 0 Å². The van der Waals surface area contributed by atoms with Crippen LogP contribution in [0, 0.1) is 0 Å². The first kappa shape index (κ1) is 5.74. The molecule has 0 heterocycles. The third kappa shape index (κ3) is 4.74. The van der Waals surface area contributed by atoms with Gasteiger partial charge in [-0.05, 0) is 0 Å². The van der Waals surface area contributed by atoms with Crippen LogP contribution in [0.1, 0.15) is 0 Å². The number of hydrogen-bond donors (Lipinski definition) is 3. The summed E-state index contributed by atoms with van der Waals surface area (Å²) in [4.78, 5) is 3.17. The van der Waals surface area contributed by atoms with E-state index in [0.29, 0.717) is 0 Å². The minimum atomic E-state index is -0.127. The number of rotatable bonds is 1. The Balaban J connectivity index is 3.46. The third-order valence-corrected chi connectivity index (χ3v) is 0.258. The van der Waals surface area contributed by atoms with Crippen molar-refractivity contribution in [3.05, 3.63) is 0 Å². The molecule has 0 aliphatic heterocycles. The van der Waals surface area contributed by atoms with Crippen LogP contribution in [-0.2, 0) is 0 Å². The maximum absolute atomic E-state index is 7.67. The molecule has 0 aliphatic rings. The molecule has 0 aliphatic carbocycles. The van der Waals surface area contributed by atoms with Gasteiger partial charge in [-0.1, -0.05) is 5.16 Å². The van der Waals surface area contributed by atoms with Crippen molar-refractivity contribution in [3.8, 4) is 0 Å². The monoisotopic (exact) mass is 102 g/mol. The van der Waals surface area contributed by atoms with Crippen molar-refractivity contribution >= 4 is 12.3 Å². The number of aliphatic imine (C=N–C) groups is 1. The van der Waals surface area contributed by atoms with Crippen molar-refractivity contribution in [3.63, 3.8) is 0 Å². The fourth-order valence-electron chi connectivity index (χ4n) is 0.0925. The summed E-state index contributed by atoms with van der Waals surface area (Å²) in [6, 6.07) is 0. The van der Waals surface area contributed by atoms with E-state index in [1.807, 2.05) is 0 Å². The molecule has 0 aromatic rings. The van der Waals surface area contributed by atoms with E-state index in [9.17, 15) is 0 Å². The largest absolute Gasteiger partial charge is 0.410 e. The predicted molar refractivity (Wildman–Crippen MR) is 26.1 cm³/mol. The van der Waals surface area contributed by atoms with E-state index in [1.54, 1.807) is 0 Å². The van der Waals surface area contributed by atoms with Gasteiger partial charge in [-0.25, -0.2) is 4.99 Å². The van der Waals surface area contributed by atoms with Crippen molar-refractivity contribution in [2.24, 2.45) is 21.6 Å². The first-order chi connectivity index (χ1) is 3.27. The molecule has 0 amide bonds. The highest BCUT2D eigenvalue weighted by Gasteiger charge is 1.68. The lowest BCUT2D eigenvalue weighted by Crippen LogP contribution is -2.22. The fourth-order valence-corrected chi connectivity index (χ4v) is 0.0925. The van der Waals surface area contributed by atoms with Gasteiger partial charge in [0.25, 0.3) is 0 Å². The summed E-state index contributed by atoms with van der Waals surface area (Å²) in [5.41, 5.74) is 9.61. The van der Waals surface area contributed by atoms with E-state index in [2.05, 4.69) is 10.1 Å². The van der Waals surface area contributed by atoms with Crippen LogP contribution >= 0.6 is 0 Å². The topological polar surface area (TPSA) is 97.0 Å². The maximum atomic E-state index is 7.67. The first-order valence-corrected chi connectivity index (χ1v) is 1.52. The van der Waals surface area contributed by atoms with Crippen LogP contribution in [0.25, 0.3) is 0 Å². The first-order valence-electron chi connectivity index (χ1n) is 1.52. The predicted octanol–water partition coefficient (Wildman–Crippen LogP) is -1.32. The van der Waals surface area contributed by atoms with Gasteiger partial charge >= 0.3 is 0 Å². The Labute approximate surface area is 40.3 Å². The van der Waals surface area contributed by atoms with E-state index < -0.39 is 0 Å². The highest BCUT2D eigenvalue weighted by atomic mass is 16.4. The minimum Gasteiger partial charge on any atom is -0.410 e. The normalized spacial score (nSPS) is 9.14. The average molecular weight is 102 g/mol. The summed E-state index contributed by atoms with van der Waals surface area (Å²) >= 11 is 0. The summed E-state index contributed by atoms with van der Waals surface area (Å²) < 4.78 is 0. The lowest BCUT2D eigenvalue weighted by molar-refractivity contribution is 0.321. The van der Waals surface area contributed by atoms with Gasteiger partial charge < -0.3 is 16.7 Å². The Bertz CT molecular complexity index is 91.9. The molecule has 0 fully saturated rings. The number of nitrogens with two attached hydrogens (primary N) is 2. The molecular formula is C2H6N4O. The quantitative estimate of drug-likeness (QED) is 0.166. The molecule has 0 rings (SSSR count). The minimum absolute atomic E-state index is 0.127. The van der Waals surface area contributed by atoms with Crippen LogP contribution in [0.5, 0.6) is 0 Å². The van der Waals surface area contributed by atoms with Gasteiger partial charge in [0.15, 0.2) is 12.3 Å². The fraction of sp³-hybridized carbons (Fsp3) is 0. The molecule has 0 atom stereocenters. The Hall–Kier alpha value is -1.26. The zero-order valence-electron chi connectivity index (χ0n) is 3.57. The molecule has 0 aromatic heterocycles. The lowest BCUT2D eigenvalue weighted by Gasteiger charge is -1.78. The number of oxime groups is 1. The number of nitrogens with zero attached hydrogens (tertiary/aromatic N) is 2. The van der Waals surface area contributed by atoms with Crippen molar-refractivity contribution in [1.82, 2.24) is 0 Å². The van der Waals surface area contributed by atoms with Gasteiger partial charge in [0, 0.05) is 0 Å². The molecular weight excluding hydrogens is 96.0 g/mol. The van der Waals surface area contributed by atoms with Gasteiger partial charge in [0.1, 0.15) is 0 Å². The van der Waals surface area contributed by atoms with E-state index in [4.69, 9.17) is 16.7 Å². The molecule has 0 bridgehead atoms. The molecule has 0 unspecified atom stereocenters. The molecule has 5 heteroatoms. The van der Waals surface area contributed by atoms with Gasteiger partial charge in [0.2, 0.25) is 0 Å². The summed E-state index contributed by atoms with van der Waals surface area (Å²) in [5.74, 6) is -0.127. The molecule has 7 heavy (non-hydrogen) atoms. The van der Waals surface area contributed by atoms with Crippen molar-refractivity contribution in [2.45, 2.75) is 0 Å². The average Bonchev–Trinajstić information content (AvgIpc) is 1.61. The summed E-state index contributed by atoms with van der Waals surface area (Å²) in [6.45, 7) is 0. The zero-order chi connectivity index (χ0) is 5.70. The van der Waals surface area contributed by atoms with Crippen LogP contribution in [-0.4, -0.2) is 17.5 Å². The molecule has 0 spiro atoms. The Morgan fingerprint density at radius 3 is 2.29 bits per heavy atom. The molecule has 40 valence electrons. The van der Waals surface area contributed by atoms with Crippen LogP contribution in [0.15, 0.2) is 10.1 Å².